The van der Waals surface area contributed by atoms with E-state index in [-0.39, 0.29) is 13.1 Å². The number of nitrogens with one attached hydrogen (secondary N) is 2. The third-order valence-corrected chi connectivity index (χ3v) is 1.96. The number of hydrogen-bond acceptors (Lipinski definition) is 3. The lowest BCUT2D eigenvalue weighted by Gasteiger charge is -2.02. The Kier molecular flexibility index (Phi) is 4.01. The molecule has 11 heavy (non-hydrogen) atoms. The summed E-state index contributed by atoms with van der Waals surface area (Å²) in [4.78, 5) is 10.1. The highest BCUT2D eigenvalue weighted by atomic mass is 32.2. The quantitative estimate of drug-likeness (QED) is 0.453. The number of carbonyl (C=O) groups is 1. The Bertz CT molecular complexity index is 223. The molecule has 0 spiro atoms. The van der Waals surface area contributed by atoms with Gasteiger partial charge in [-0.15, -0.1) is 0 Å². The number of nitrogens with two attached hydrogens (primary N) is 1. The Morgan fingerprint density at radius 2 is 2.00 bits per heavy atom. The van der Waals surface area contributed by atoms with Crippen LogP contribution in [0.2, 0.25) is 0 Å². The van der Waals surface area contributed by atoms with Crippen molar-refractivity contribution in [1.82, 2.24) is 9.44 Å². The van der Waals surface area contributed by atoms with Crippen molar-refractivity contribution in [2.45, 2.75) is 6.92 Å². The van der Waals surface area contributed by atoms with Crippen LogP contribution in [0.4, 0.5) is 0 Å². The van der Waals surface area contributed by atoms with Gasteiger partial charge in [-0.25, -0.2) is 4.72 Å². The van der Waals surface area contributed by atoms with Gasteiger partial charge in [-0.3, -0.25) is 4.79 Å². The summed E-state index contributed by atoms with van der Waals surface area (Å²) in [6.07, 6.45) is 0. The number of amides is 1. The van der Waals surface area contributed by atoms with Gasteiger partial charge >= 0.3 is 0 Å². The van der Waals surface area contributed by atoms with Gasteiger partial charge < -0.3 is 5.73 Å². The number of rotatable bonds is 5. The van der Waals surface area contributed by atoms with E-state index in [2.05, 4.69) is 4.72 Å². The molecule has 0 aliphatic rings. The average molecular weight is 181 g/mol. The van der Waals surface area contributed by atoms with Gasteiger partial charge in [-0.1, -0.05) is 6.92 Å². The zero-order valence-electron chi connectivity index (χ0n) is 6.12. The van der Waals surface area contributed by atoms with Gasteiger partial charge in [0.2, 0.25) is 5.91 Å². The molecule has 0 radical (unpaired) electrons. The van der Waals surface area contributed by atoms with Gasteiger partial charge in [0.1, 0.15) is 0 Å². The van der Waals surface area contributed by atoms with Gasteiger partial charge in [-0.2, -0.15) is 13.1 Å². The van der Waals surface area contributed by atoms with Crippen LogP contribution in [0.5, 0.6) is 0 Å². The maximum Gasteiger partial charge on any atom is 0.277 e. The second kappa shape index (κ2) is 4.27. The summed E-state index contributed by atoms with van der Waals surface area (Å²) in [5, 5.41) is 0. The number of hydrogen-bond donors (Lipinski definition) is 3. The fourth-order valence-corrected chi connectivity index (χ4v) is 1.22. The third kappa shape index (κ3) is 5.77. The van der Waals surface area contributed by atoms with Crippen LogP contribution in [-0.2, 0) is 15.0 Å². The Morgan fingerprint density at radius 3 is 2.36 bits per heavy atom. The van der Waals surface area contributed by atoms with E-state index in [4.69, 9.17) is 5.73 Å². The monoisotopic (exact) mass is 181 g/mol. The highest BCUT2D eigenvalue weighted by Crippen LogP contribution is 1.72. The van der Waals surface area contributed by atoms with E-state index < -0.39 is 16.1 Å². The molecule has 66 valence electrons. The minimum absolute atomic E-state index is 0.272. The van der Waals surface area contributed by atoms with Crippen LogP contribution in [0.3, 0.4) is 0 Å². The van der Waals surface area contributed by atoms with Crippen molar-refractivity contribution in [2.75, 3.05) is 13.1 Å². The Balaban J connectivity index is 3.84. The lowest BCUT2D eigenvalue weighted by atomic mass is 10.7. The molecule has 4 N–H and O–H groups in total. The predicted octanol–water partition coefficient (Wildman–Crippen LogP) is -2.08. The molecule has 0 atom stereocenters. The van der Waals surface area contributed by atoms with Crippen LogP contribution in [-0.4, -0.2) is 27.4 Å². The summed E-state index contributed by atoms with van der Waals surface area (Å²) < 4.78 is 25.5. The maximum absolute atomic E-state index is 10.7. The summed E-state index contributed by atoms with van der Waals surface area (Å²) in [6, 6.07) is 0. The van der Waals surface area contributed by atoms with Crippen molar-refractivity contribution < 1.29 is 13.2 Å². The molecular formula is C4H11N3O3S. The van der Waals surface area contributed by atoms with Crippen molar-refractivity contribution >= 4 is 16.1 Å². The van der Waals surface area contributed by atoms with Crippen molar-refractivity contribution in [3.05, 3.63) is 0 Å². The van der Waals surface area contributed by atoms with Crippen molar-refractivity contribution in [1.29, 1.82) is 0 Å². The normalized spacial score (nSPS) is 11.4. The molecule has 0 aromatic heterocycles. The highest BCUT2D eigenvalue weighted by molar-refractivity contribution is 7.87. The van der Waals surface area contributed by atoms with Crippen molar-refractivity contribution in [3.63, 3.8) is 0 Å². The second-order valence-electron chi connectivity index (χ2n) is 1.79. The molecule has 0 heterocycles. The third-order valence-electron chi connectivity index (χ3n) is 0.771. The molecular weight excluding hydrogens is 170 g/mol. The molecule has 0 aliphatic carbocycles. The van der Waals surface area contributed by atoms with E-state index in [1.54, 1.807) is 6.92 Å². The first kappa shape index (κ1) is 10.3. The van der Waals surface area contributed by atoms with Gasteiger partial charge in [0.25, 0.3) is 10.2 Å². The van der Waals surface area contributed by atoms with E-state index in [1.807, 2.05) is 4.72 Å². The molecule has 6 nitrogen and oxygen atoms in total. The fraction of sp³-hybridized carbons (Fsp3) is 0.750. The van der Waals surface area contributed by atoms with Crippen LogP contribution < -0.4 is 15.2 Å². The van der Waals surface area contributed by atoms with Gasteiger partial charge in [0.05, 0.1) is 6.54 Å². The first-order valence-corrected chi connectivity index (χ1v) is 4.49. The minimum atomic E-state index is -3.53. The number of carbonyl (C=O) groups excluding carboxylic acids is 1. The Hall–Kier alpha value is -0.660. The Morgan fingerprint density at radius 1 is 1.45 bits per heavy atom. The van der Waals surface area contributed by atoms with Gasteiger partial charge in [0, 0.05) is 6.54 Å². The zero-order chi connectivity index (χ0) is 8.91. The van der Waals surface area contributed by atoms with Crippen LogP contribution in [0, 0.1) is 0 Å². The molecule has 0 saturated carbocycles. The smallest absolute Gasteiger partial charge is 0.277 e. The summed E-state index contributed by atoms with van der Waals surface area (Å²) >= 11 is 0. The molecule has 0 rings (SSSR count). The van der Waals surface area contributed by atoms with Crippen molar-refractivity contribution in [2.24, 2.45) is 5.73 Å². The largest absolute Gasteiger partial charge is 0.369 e. The minimum Gasteiger partial charge on any atom is -0.369 e. The highest BCUT2D eigenvalue weighted by Gasteiger charge is 2.07. The van der Waals surface area contributed by atoms with Crippen LogP contribution >= 0.6 is 0 Å². The van der Waals surface area contributed by atoms with Gasteiger partial charge in [-0.05, 0) is 0 Å². The molecule has 0 bridgehead atoms. The fourth-order valence-electron chi connectivity index (χ4n) is 0.407. The van der Waals surface area contributed by atoms with Gasteiger partial charge in [0.15, 0.2) is 0 Å². The average Bonchev–Trinajstić information content (AvgIpc) is 1.84. The molecule has 0 fully saturated rings. The molecule has 0 aliphatic heterocycles. The molecule has 0 aromatic carbocycles. The lowest BCUT2D eigenvalue weighted by molar-refractivity contribution is -0.116. The predicted molar refractivity (Wildman–Crippen MR) is 39.8 cm³/mol. The molecule has 7 heteroatoms. The SMILES string of the molecule is CCNS(=O)(=O)NCC(N)=O. The summed E-state index contributed by atoms with van der Waals surface area (Å²) in [5.41, 5.74) is 4.70. The van der Waals surface area contributed by atoms with E-state index in [0.29, 0.717) is 0 Å². The molecule has 0 saturated heterocycles. The summed E-state index contributed by atoms with van der Waals surface area (Å²) in [7, 11) is -3.53. The standard InChI is InChI=1S/C4H11N3O3S/c1-2-6-11(9,10)7-3-4(5)8/h6-7H,2-3H2,1H3,(H2,5,8). The Labute approximate surface area is 65.3 Å². The van der Waals surface area contributed by atoms with Crippen LogP contribution in [0.25, 0.3) is 0 Å². The van der Waals surface area contributed by atoms with Crippen LogP contribution in [0.15, 0.2) is 0 Å². The van der Waals surface area contributed by atoms with E-state index in [0.717, 1.165) is 0 Å². The number of primary amides is 1. The van der Waals surface area contributed by atoms with E-state index in [1.165, 1.54) is 0 Å². The summed E-state index contributed by atoms with van der Waals surface area (Å²) in [6.45, 7) is 1.52. The van der Waals surface area contributed by atoms with E-state index >= 15 is 0 Å². The maximum atomic E-state index is 10.7. The summed E-state index contributed by atoms with van der Waals surface area (Å²) in [5.74, 6) is -0.716. The van der Waals surface area contributed by atoms with Crippen LogP contribution in [0.1, 0.15) is 6.92 Å². The zero-order valence-corrected chi connectivity index (χ0v) is 6.94. The second-order valence-corrected chi connectivity index (χ2v) is 3.37. The lowest BCUT2D eigenvalue weighted by Crippen LogP contribution is -2.40. The molecule has 1 amide bonds. The van der Waals surface area contributed by atoms with Crippen molar-refractivity contribution in [3.8, 4) is 0 Å². The topological polar surface area (TPSA) is 101 Å². The molecule has 0 aromatic rings. The van der Waals surface area contributed by atoms with E-state index in [9.17, 15) is 13.2 Å². The molecule has 0 unspecified atom stereocenters. The first-order chi connectivity index (χ1) is 4.98. The first-order valence-electron chi connectivity index (χ1n) is 3.00.